The second-order valence-electron chi connectivity index (χ2n) is 9.79. The Kier molecular flexibility index (Phi) is 10.3. The fourth-order valence-corrected chi connectivity index (χ4v) is 4.91. The third kappa shape index (κ3) is 7.81. The number of hydrogen-bond acceptors (Lipinski definition) is 6. The minimum absolute atomic E-state index is 0.280. The number of nitrogens with zero attached hydrogens (tertiary/aromatic N) is 4. The minimum Gasteiger partial charge on any atom is -0.475 e. The number of aryl methyl sites for hydroxylation is 2. The van der Waals surface area contributed by atoms with Crippen molar-refractivity contribution in [2.24, 2.45) is 12.8 Å². The number of imidazole rings is 1. The molecule has 0 atom stereocenters. The van der Waals surface area contributed by atoms with E-state index in [9.17, 15) is 27.2 Å². The molecule has 0 aliphatic heterocycles. The number of carboxylic acid groups (broad SMARTS) is 1. The highest BCUT2D eigenvalue weighted by Gasteiger charge is 2.38. The molecule has 3 N–H and O–H groups in total. The Hall–Kier alpha value is -3.62. The average Bonchev–Trinajstić information content (AvgIpc) is 3.26. The van der Waals surface area contributed by atoms with Crippen LogP contribution in [0, 0.1) is 5.82 Å². The SMILES string of the molecule is Cn1c(=O)c2c(nc(SC(C)(C)CN)n2Cc2ccccc2Cl)n(CCc2ccc(F)cc2)c1=O.O=C(O)C(F)(F)F. The second-order valence-corrected chi connectivity index (χ2v) is 11.9. The predicted octanol–water partition coefficient (Wildman–Crippen LogP) is 4.44. The van der Waals surface area contributed by atoms with Gasteiger partial charge in [0, 0.05) is 29.9 Å². The van der Waals surface area contributed by atoms with Gasteiger partial charge in [-0.1, -0.05) is 53.7 Å². The Bertz CT molecular complexity index is 1700. The molecule has 0 radical (unpaired) electrons. The summed E-state index contributed by atoms with van der Waals surface area (Å²) in [4.78, 5) is 40.1. The van der Waals surface area contributed by atoms with Crippen LogP contribution in [0.25, 0.3) is 11.2 Å². The number of nitrogens with two attached hydrogens (primary N) is 1. The third-order valence-electron chi connectivity index (χ3n) is 6.12. The Labute approximate surface area is 246 Å². The molecule has 0 fully saturated rings. The molecule has 0 saturated heterocycles. The molecular formula is C27H28ClF4N5O4S. The maximum absolute atomic E-state index is 13.3. The van der Waals surface area contributed by atoms with Gasteiger partial charge in [0.15, 0.2) is 16.3 Å². The molecular weight excluding hydrogens is 602 g/mol. The van der Waals surface area contributed by atoms with E-state index < -0.39 is 23.4 Å². The van der Waals surface area contributed by atoms with Gasteiger partial charge in [-0.2, -0.15) is 13.2 Å². The van der Waals surface area contributed by atoms with Gasteiger partial charge < -0.3 is 15.4 Å². The molecule has 2 aromatic carbocycles. The van der Waals surface area contributed by atoms with E-state index >= 15 is 0 Å². The number of hydrogen-bond donors (Lipinski definition) is 2. The highest BCUT2D eigenvalue weighted by Crippen LogP contribution is 2.33. The quantitative estimate of drug-likeness (QED) is 0.218. The monoisotopic (exact) mass is 629 g/mol. The van der Waals surface area contributed by atoms with Crippen LogP contribution < -0.4 is 17.0 Å². The van der Waals surface area contributed by atoms with E-state index in [0.29, 0.717) is 40.9 Å². The molecule has 0 aliphatic carbocycles. The summed E-state index contributed by atoms with van der Waals surface area (Å²) in [5, 5.41) is 8.28. The summed E-state index contributed by atoms with van der Waals surface area (Å²) in [7, 11) is 1.46. The molecule has 0 bridgehead atoms. The molecule has 42 heavy (non-hydrogen) atoms. The topological polar surface area (TPSA) is 125 Å². The van der Waals surface area contributed by atoms with Crippen LogP contribution in [0.5, 0.6) is 0 Å². The summed E-state index contributed by atoms with van der Waals surface area (Å²) in [6.45, 7) is 4.97. The lowest BCUT2D eigenvalue weighted by Gasteiger charge is -2.21. The zero-order chi connectivity index (χ0) is 31.4. The number of benzene rings is 2. The normalized spacial score (nSPS) is 11.8. The molecule has 2 aromatic heterocycles. The van der Waals surface area contributed by atoms with Gasteiger partial charge in [-0.3, -0.25) is 13.9 Å². The number of fused-ring (bicyclic) bond motifs is 1. The van der Waals surface area contributed by atoms with E-state index in [1.807, 2.05) is 36.6 Å². The summed E-state index contributed by atoms with van der Waals surface area (Å²) < 4.78 is 49.1. The summed E-state index contributed by atoms with van der Waals surface area (Å²) in [5.74, 6) is -3.08. The van der Waals surface area contributed by atoms with Gasteiger partial charge in [0.05, 0.1) is 6.54 Å². The number of halogens is 5. The van der Waals surface area contributed by atoms with Gasteiger partial charge in [0.2, 0.25) is 0 Å². The number of carboxylic acids is 1. The first-order chi connectivity index (χ1) is 19.6. The molecule has 4 aromatic rings. The molecule has 2 heterocycles. The highest BCUT2D eigenvalue weighted by atomic mass is 35.5. The number of thioether (sulfide) groups is 1. The van der Waals surface area contributed by atoms with E-state index in [2.05, 4.69) is 0 Å². The van der Waals surface area contributed by atoms with Crippen molar-refractivity contribution in [1.29, 1.82) is 0 Å². The lowest BCUT2D eigenvalue weighted by molar-refractivity contribution is -0.192. The molecule has 9 nitrogen and oxygen atoms in total. The largest absolute Gasteiger partial charge is 0.490 e. The molecule has 4 rings (SSSR count). The van der Waals surface area contributed by atoms with Crippen LogP contribution in [-0.4, -0.2) is 47.2 Å². The first-order valence-corrected chi connectivity index (χ1v) is 13.6. The maximum Gasteiger partial charge on any atom is 0.490 e. The summed E-state index contributed by atoms with van der Waals surface area (Å²) >= 11 is 7.88. The van der Waals surface area contributed by atoms with Crippen molar-refractivity contribution in [3.63, 3.8) is 0 Å². The van der Waals surface area contributed by atoms with Gasteiger partial charge in [0.25, 0.3) is 5.56 Å². The maximum atomic E-state index is 13.3. The number of alkyl halides is 3. The van der Waals surface area contributed by atoms with Gasteiger partial charge in [0.1, 0.15) is 5.82 Å². The second kappa shape index (κ2) is 13.1. The van der Waals surface area contributed by atoms with Crippen LogP contribution in [0.15, 0.2) is 63.3 Å². The molecule has 0 spiro atoms. The van der Waals surface area contributed by atoms with E-state index in [1.165, 1.54) is 35.5 Å². The van der Waals surface area contributed by atoms with E-state index in [-0.39, 0.29) is 17.1 Å². The highest BCUT2D eigenvalue weighted by molar-refractivity contribution is 8.00. The van der Waals surface area contributed by atoms with Crippen LogP contribution in [0.3, 0.4) is 0 Å². The fourth-order valence-electron chi connectivity index (χ4n) is 3.74. The van der Waals surface area contributed by atoms with Crippen molar-refractivity contribution in [2.45, 2.75) is 49.4 Å². The van der Waals surface area contributed by atoms with Crippen LogP contribution >= 0.6 is 23.4 Å². The molecule has 0 saturated carbocycles. The smallest absolute Gasteiger partial charge is 0.475 e. The number of aliphatic carboxylic acids is 1. The zero-order valence-corrected chi connectivity index (χ0v) is 24.4. The fraction of sp³-hybridized carbons (Fsp3) is 0.333. The third-order valence-corrected chi connectivity index (χ3v) is 7.70. The summed E-state index contributed by atoms with van der Waals surface area (Å²) in [6.07, 6.45) is -4.61. The van der Waals surface area contributed by atoms with E-state index in [0.717, 1.165) is 15.7 Å². The number of carbonyl (C=O) groups is 1. The van der Waals surface area contributed by atoms with Gasteiger partial charge in [-0.15, -0.1) is 0 Å². The first kappa shape index (κ1) is 32.9. The van der Waals surface area contributed by atoms with Crippen molar-refractivity contribution in [1.82, 2.24) is 18.7 Å². The lowest BCUT2D eigenvalue weighted by Crippen LogP contribution is -2.39. The number of rotatable bonds is 8. The molecule has 0 amide bonds. The van der Waals surface area contributed by atoms with E-state index in [1.54, 1.807) is 18.2 Å². The Morgan fingerprint density at radius 1 is 1.07 bits per heavy atom. The van der Waals surface area contributed by atoms with Crippen molar-refractivity contribution >= 4 is 40.5 Å². The average molecular weight is 630 g/mol. The molecule has 0 unspecified atom stereocenters. The number of aromatic nitrogens is 4. The zero-order valence-electron chi connectivity index (χ0n) is 22.8. The summed E-state index contributed by atoms with van der Waals surface area (Å²) in [6, 6.07) is 13.5. The molecule has 15 heteroatoms. The van der Waals surface area contributed by atoms with Crippen molar-refractivity contribution in [2.75, 3.05) is 6.54 Å². The van der Waals surface area contributed by atoms with Crippen LogP contribution in [0.1, 0.15) is 25.0 Å². The minimum atomic E-state index is -5.08. The van der Waals surface area contributed by atoms with Crippen molar-refractivity contribution in [3.05, 3.63) is 91.3 Å². The van der Waals surface area contributed by atoms with Crippen LogP contribution in [0.2, 0.25) is 5.02 Å². The van der Waals surface area contributed by atoms with Crippen molar-refractivity contribution < 1.29 is 27.5 Å². The van der Waals surface area contributed by atoms with Crippen LogP contribution in [0.4, 0.5) is 17.6 Å². The summed E-state index contributed by atoms with van der Waals surface area (Å²) in [5.41, 5.74) is 7.42. The van der Waals surface area contributed by atoms with E-state index in [4.69, 9.17) is 32.2 Å². The first-order valence-electron chi connectivity index (χ1n) is 12.4. The predicted molar refractivity (Wildman–Crippen MR) is 153 cm³/mol. The standard InChI is InChI=1S/C25H27ClFN5O2S.C2HF3O2/c1-25(2,15-28)35-23-29-21-20(32(23)14-17-6-4-5-7-19(17)26)22(33)30(3)24(34)31(21)13-12-16-8-10-18(27)11-9-16;3-2(4,5)1(6)7/h4-11H,12-15,28H2,1-3H3;(H,6,7). The van der Waals surface area contributed by atoms with Crippen molar-refractivity contribution in [3.8, 4) is 0 Å². The van der Waals surface area contributed by atoms with Gasteiger partial charge in [-0.05, 0) is 49.6 Å². The molecule has 0 aliphatic rings. The Balaban J connectivity index is 0.000000616. The molecule has 226 valence electrons. The van der Waals surface area contributed by atoms with Gasteiger partial charge >= 0.3 is 17.8 Å². The lowest BCUT2D eigenvalue weighted by atomic mass is 10.1. The van der Waals surface area contributed by atoms with Gasteiger partial charge in [-0.25, -0.2) is 19.0 Å². The Morgan fingerprint density at radius 3 is 2.21 bits per heavy atom. The Morgan fingerprint density at radius 2 is 1.67 bits per heavy atom. The van der Waals surface area contributed by atoms with Crippen LogP contribution in [-0.2, 0) is 31.4 Å².